The zero-order chi connectivity index (χ0) is 12.7. The average molecular weight is 237 g/mol. The van der Waals surface area contributed by atoms with Gasteiger partial charge in [-0.1, -0.05) is 19.1 Å². The number of benzene rings is 1. The van der Waals surface area contributed by atoms with Crippen LogP contribution in [0, 0.1) is 5.92 Å². The van der Waals surface area contributed by atoms with Crippen molar-refractivity contribution in [2.45, 2.75) is 26.3 Å². The molecule has 0 heterocycles. The van der Waals surface area contributed by atoms with E-state index in [0.29, 0.717) is 6.61 Å². The molecule has 0 radical (unpaired) electrons. The summed E-state index contributed by atoms with van der Waals surface area (Å²) in [4.78, 5) is 0. The van der Waals surface area contributed by atoms with Gasteiger partial charge in [-0.15, -0.1) is 0 Å². The van der Waals surface area contributed by atoms with Crippen molar-refractivity contribution in [1.82, 2.24) is 5.32 Å². The van der Waals surface area contributed by atoms with Crippen LogP contribution >= 0.6 is 0 Å². The monoisotopic (exact) mass is 237 g/mol. The quantitative estimate of drug-likeness (QED) is 0.765. The van der Waals surface area contributed by atoms with Gasteiger partial charge in [0.1, 0.15) is 5.75 Å². The van der Waals surface area contributed by atoms with Gasteiger partial charge in [0.05, 0.1) is 6.61 Å². The topological polar surface area (TPSA) is 41.5 Å². The van der Waals surface area contributed by atoms with Crippen molar-refractivity contribution in [2.24, 2.45) is 5.92 Å². The van der Waals surface area contributed by atoms with Crippen molar-refractivity contribution in [3.63, 3.8) is 0 Å². The summed E-state index contributed by atoms with van der Waals surface area (Å²) >= 11 is 0. The van der Waals surface area contributed by atoms with Gasteiger partial charge in [0.2, 0.25) is 0 Å². The van der Waals surface area contributed by atoms with Crippen LogP contribution in [-0.4, -0.2) is 25.4 Å². The summed E-state index contributed by atoms with van der Waals surface area (Å²) in [5, 5.41) is 12.6. The fraction of sp³-hybridized carbons (Fsp3) is 0.571. The molecular weight excluding hydrogens is 214 g/mol. The van der Waals surface area contributed by atoms with Crippen molar-refractivity contribution in [3.05, 3.63) is 29.8 Å². The Kier molecular flexibility index (Phi) is 6.01. The van der Waals surface area contributed by atoms with Gasteiger partial charge >= 0.3 is 0 Å². The number of nitrogens with one attached hydrogen (secondary N) is 1. The summed E-state index contributed by atoms with van der Waals surface area (Å²) in [6.07, 6.45) is 0.954. The minimum Gasteiger partial charge on any atom is -0.494 e. The second-order valence-corrected chi connectivity index (χ2v) is 4.12. The lowest BCUT2D eigenvalue weighted by Gasteiger charge is -2.24. The molecule has 0 fully saturated rings. The lowest BCUT2D eigenvalue weighted by atomic mass is 9.91. The first-order chi connectivity index (χ1) is 8.26. The average Bonchev–Trinajstić information content (AvgIpc) is 2.37. The summed E-state index contributed by atoms with van der Waals surface area (Å²) < 4.78 is 5.42. The molecular formula is C14H23NO2. The third-order valence-corrected chi connectivity index (χ3v) is 3.09. The molecule has 2 atom stereocenters. The highest BCUT2D eigenvalue weighted by Crippen LogP contribution is 2.25. The van der Waals surface area contributed by atoms with Gasteiger partial charge < -0.3 is 15.2 Å². The van der Waals surface area contributed by atoms with E-state index in [4.69, 9.17) is 4.74 Å². The van der Waals surface area contributed by atoms with Crippen LogP contribution < -0.4 is 10.1 Å². The SMILES string of the molecule is CCOc1ccc(C(NC)C(CC)CO)cc1. The van der Waals surface area contributed by atoms with Crippen molar-refractivity contribution in [3.8, 4) is 5.75 Å². The molecule has 0 amide bonds. The van der Waals surface area contributed by atoms with Gasteiger partial charge in [-0.25, -0.2) is 0 Å². The number of ether oxygens (including phenoxy) is 1. The maximum Gasteiger partial charge on any atom is 0.119 e. The van der Waals surface area contributed by atoms with E-state index in [2.05, 4.69) is 24.4 Å². The Morgan fingerprint density at radius 3 is 2.29 bits per heavy atom. The molecule has 1 aromatic rings. The molecule has 0 aliphatic rings. The molecule has 96 valence electrons. The molecule has 0 aliphatic heterocycles. The Labute approximate surface area is 104 Å². The third kappa shape index (κ3) is 3.72. The van der Waals surface area contributed by atoms with Gasteiger partial charge in [-0.05, 0) is 38.1 Å². The van der Waals surface area contributed by atoms with E-state index in [-0.39, 0.29) is 18.6 Å². The molecule has 0 aromatic heterocycles. The van der Waals surface area contributed by atoms with Crippen LogP contribution in [0.3, 0.4) is 0 Å². The highest BCUT2D eigenvalue weighted by Gasteiger charge is 2.19. The predicted octanol–water partition coefficient (Wildman–Crippen LogP) is 2.36. The van der Waals surface area contributed by atoms with E-state index in [0.717, 1.165) is 12.2 Å². The molecule has 1 rings (SSSR count). The standard InChI is InChI=1S/C14H23NO2/c1-4-11(10-16)14(15-3)12-6-8-13(9-7-12)17-5-2/h6-9,11,14-16H,4-5,10H2,1-3H3. The van der Waals surface area contributed by atoms with Crippen molar-refractivity contribution in [1.29, 1.82) is 0 Å². The Morgan fingerprint density at radius 2 is 1.88 bits per heavy atom. The van der Waals surface area contributed by atoms with E-state index in [9.17, 15) is 5.11 Å². The maximum absolute atomic E-state index is 9.36. The Morgan fingerprint density at radius 1 is 1.24 bits per heavy atom. The molecule has 2 unspecified atom stereocenters. The molecule has 3 heteroatoms. The van der Waals surface area contributed by atoms with Gasteiger partial charge in [-0.2, -0.15) is 0 Å². The lowest BCUT2D eigenvalue weighted by molar-refractivity contribution is 0.189. The van der Waals surface area contributed by atoms with Crippen molar-refractivity contribution < 1.29 is 9.84 Å². The van der Waals surface area contributed by atoms with Crippen LogP contribution in [0.2, 0.25) is 0 Å². The number of hydrogen-bond donors (Lipinski definition) is 2. The molecule has 0 spiro atoms. The van der Waals surface area contributed by atoms with Gasteiger partial charge in [0, 0.05) is 18.6 Å². The second kappa shape index (κ2) is 7.30. The maximum atomic E-state index is 9.36. The van der Waals surface area contributed by atoms with Crippen LogP contribution in [0.5, 0.6) is 5.75 Å². The van der Waals surface area contributed by atoms with Crippen molar-refractivity contribution in [2.75, 3.05) is 20.3 Å². The van der Waals surface area contributed by atoms with E-state index in [1.165, 1.54) is 5.56 Å². The molecule has 0 aliphatic carbocycles. The zero-order valence-electron chi connectivity index (χ0n) is 10.9. The Bertz CT molecular complexity index is 307. The number of aliphatic hydroxyl groups excluding tert-OH is 1. The highest BCUT2D eigenvalue weighted by atomic mass is 16.5. The molecule has 2 N–H and O–H groups in total. The number of hydrogen-bond acceptors (Lipinski definition) is 3. The van der Waals surface area contributed by atoms with Gasteiger partial charge in [0.15, 0.2) is 0 Å². The summed E-state index contributed by atoms with van der Waals surface area (Å²) in [6.45, 7) is 4.96. The first-order valence-electron chi connectivity index (χ1n) is 6.27. The fourth-order valence-corrected chi connectivity index (χ4v) is 2.08. The predicted molar refractivity (Wildman–Crippen MR) is 70.3 cm³/mol. The number of rotatable bonds is 7. The summed E-state index contributed by atoms with van der Waals surface area (Å²) in [5.41, 5.74) is 1.19. The van der Waals surface area contributed by atoms with Crippen LogP contribution in [0.15, 0.2) is 24.3 Å². The first kappa shape index (κ1) is 14.0. The van der Waals surface area contributed by atoms with Gasteiger partial charge in [0.25, 0.3) is 0 Å². The lowest BCUT2D eigenvalue weighted by Crippen LogP contribution is -2.27. The molecule has 3 nitrogen and oxygen atoms in total. The summed E-state index contributed by atoms with van der Waals surface area (Å²) in [6, 6.07) is 8.27. The van der Waals surface area contributed by atoms with E-state index < -0.39 is 0 Å². The normalized spacial score (nSPS) is 14.4. The minimum absolute atomic E-state index is 0.195. The minimum atomic E-state index is 0.195. The van der Waals surface area contributed by atoms with Crippen LogP contribution in [0.25, 0.3) is 0 Å². The fourth-order valence-electron chi connectivity index (χ4n) is 2.08. The first-order valence-corrected chi connectivity index (χ1v) is 6.27. The smallest absolute Gasteiger partial charge is 0.119 e. The van der Waals surface area contributed by atoms with Gasteiger partial charge in [-0.3, -0.25) is 0 Å². The molecule has 0 saturated heterocycles. The highest BCUT2D eigenvalue weighted by molar-refractivity contribution is 5.29. The van der Waals surface area contributed by atoms with E-state index in [1.54, 1.807) is 0 Å². The number of aliphatic hydroxyl groups is 1. The van der Waals surface area contributed by atoms with E-state index in [1.807, 2.05) is 26.1 Å². The third-order valence-electron chi connectivity index (χ3n) is 3.09. The van der Waals surface area contributed by atoms with Crippen LogP contribution in [-0.2, 0) is 0 Å². The van der Waals surface area contributed by atoms with E-state index >= 15 is 0 Å². The summed E-state index contributed by atoms with van der Waals surface area (Å²) in [7, 11) is 1.93. The van der Waals surface area contributed by atoms with Crippen LogP contribution in [0.1, 0.15) is 31.9 Å². The van der Waals surface area contributed by atoms with Crippen molar-refractivity contribution >= 4 is 0 Å². The Hall–Kier alpha value is -1.06. The Balaban J connectivity index is 2.81. The summed E-state index contributed by atoms with van der Waals surface area (Å²) in [5.74, 6) is 1.14. The molecule has 0 saturated carbocycles. The largest absolute Gasteiger partial charge is 0.494 e. The molecule has 1 aromatic carbocycles. The van der Waals surface area contributed by atoms with Crippen LogP contribution in [0.4, 0.5) is 0 Å². The zero-order valence-corrected chi connectivity index (χ0v) is 10.9. The molecule has 17 heavy (non-hydrogen) atoms. The second-order valence-electron chi connectivity index (χ2n) is 4.12. The molecule has 0 bridgehead atoms.